The third-order valence-electron chi connectivity index (χ3n) is 2.76. The van der Waals surface area contributed by atoms with Crippen LogP contribution in [0.15, 0.2) is 0 Å². The Bertz CT molecular complexity index is 232. The Morgan fingerprint density at radius 3 is 2.31 bits per heavy atom. The highest BCUT2D eigenvalue weighted by Crippen LogP contribution is 2.62. The summed E-state index contributed by atoms with van der Waals surface area (Å²) in [6.45, 7) is 3.80. The summed E-state index contributed by atoms with van der Waals surface area (Å²) in [6.07, 6.45) is 1.52. The van der Waals surface area contributed by atoms with Crippen molar-refractivity contribution < 1.29 is 9.18 Å². The van der Waals surface area contributed by atoms with Crippen molar-refractivity contribution in [1.82, 2.24) is 10.6 Å². The molecule has 0 atom stereocenters. The summed E-state index contributed by atoms with van der Waals surface area (Å²) in [5, 5.41) is 5.56. The van der Waals surface area contributed by atoms with Crippen molar-refractivity contribution in [3.63, 3.8) is 0 Å². The summed E-state index contributed by atoms with van der Waals surface area (Å²) in [7, 11) is 0. The fourth-order valence-corrected chi connectivity index (χ4v) is 2.34. The van der Waals surface area contributed by atoms with Crippen LogP contribution in [0.2, 0.25) is 0 Å². The van der Waals surface area contributed by atoms with Crippen LogP contribution in [0.1, 0.15) is 33.1 Å². The molecule has 0 aromatic carbocycles. The van der Waals surface area contributed by atoms with Crippen LogP contribution >= 0.6 is 0 Å². The van der Waals surface area contributed by atoms with Crippen LogP contribution in [-0.2, 0) is 0 Å². The number of alkyl halides is 1. The summed E-state index contributed by atoms with van der Waals surface area (Å²) in [5.41, 5.74) is -1.14. The monoisotopic (exact) mass is 186 g/mol. The van der Waals surface area contributed by atoms with E-state index in [9.17, 15) is 9.18 Å². The molecule has 0 radical (unpaired) electrons. The highest BCUT2D eigenvalue weighted by Gasteiger charge is 2.69. The van der Waals surface area contributed by atoms with Crippen molar-refractivity contribution in [2.24, 2.45) is 0 Å². The van der Waals surface area contributed by atoms with Gasteiger partial charge in [0.25, 0.3) is 0 Å². The summed E-state index contributed by atoms with van der Waals surface area (Å²) in [4.78, 5) is 11.2. The van der Waals surface area contributed by atoms with E-state index < -0.39 is 5.67 Å². The maximum absolute atomic E-state index is 13.1. The first kappa shape index (κ1) is 8.78. The highest BCUT2D eigenvalue weighted by atomic mass is 19.1. The van der Waals surface area contributed by atoms with Gasteiger partial charge in [0, 0.05) is 25.3 Å². The van der Waals surface area contributed by atoms with Gasteiger partial charge >= 0.3 is 6.03 Å². The van der Waals surface area contributed by atoms with E-state index in [-0.39, 0.29) is 17.6 Å². The molecule has 0 spiro atoms. The van der Waals surface area contributed by atoms with Gasteiger partial charge < -0.3 is 10.6 Å². The number of urea groups is 1. The summed E-state index contributed by atoms with van der Waals surface area (Å²) in [6, 6.07) is -0.0385. The maximum atomic E-state index is 13.1. The Hall–Kier alpha value is -0.800. The summed E-state index contributed by atoms with van der Waals surface area (Å²) < 4.78 is 13.1. The number of hydrogen-bond acceptors (Lipinski definition) is 1. The lowest BCUT2D eigenvalue weighted by Gasteiger charge is -2.65. The molecule has 0 aromatic rings. The number of nitrogens with one attached hydrogen (secondary N) is 2. The van der Waals surface area contributed by atoms with Crippen molar-refractivity contribution in [1.29, 1.82) is 0 Å². The minimum Gasteiger partial charge on any atom is -0.336 e. The Morgan fingerprint density at radius 1 is 1.38 bits per heavy atom. The quantitative estimate of drug-likeness (QED) is 0.671. The number of rotatable bonds is 2. The molecule has 3 nitrogen and oxygen atoms in total. The minimum absolute atomic E-state index is 0.131. The van der Waals surface area contributed by atoms with E-state index in [1.807, 2.05) is 13.8 Å². The highest BCUT2D eigenvalue weighted by molar-refractivity contribution is 5.76. The average molecular weight is 186 g/mol. The van der Waals surface area contributed by atoms with Gasteiger partial charge in [-0.1, -0.05) is 0 Å². The molecule has 0 aromatic heterocycles. The standard InChI is InChI=1S/C9H15FN2O/c1-6(2)11-7(13)12-9-3-8(10,4-9)5-9/h6H,3-5H2,1-2H3,(H2,11,12,13). The predicted molar refractivity (Wildman–Crippen MR) is 47.2 cm³/mol. The largest absolute Gasteiger partial charge is 0.336 e. The first-order valence-corrected chi connectivity index (χ1v) is 4.71. The first-order chi connectivity index (χ1) is 5.93. The Labute approximate surface area is 77.1 Å². The number of carbonyl (C=O) groups is 1. The summed E-state index contributed by atoms with van der Waals surface area (Å²) in [5.74, 6) is 0. The van der Waals surface area contributed by atoms with Gasteiger partial charge in [0.05, 0.1) is 5.54 Å². The van der Waals surface area contributed by atoms with Crippen LogP contribution in [0, 0.1) is 0 Å². The molecule has 0 aliphatic heterocycles. The van der Waals surface area contributed by atoms with Gasteiger partial charge in [-0.3, -0.25) is 0 Å². The Balaban J connectivity index is 1.77. The lowest BCUT2D eigenvalue weighted by atomic mass is 9.47. The van der Waals surface area contributed by atoms with E-state index in [1.165, 1.54) is 0 Å². The minimum atomic E-state index is -0.939. The van der Waals surface area contributed by atoms with Gasteiger partial charge in [0.15, 0.2) is 0 Å². The van der Waals surface area contributed by atoms with E-state index >= 15 is 0 Å². The smallest absolute Gasteiger partial charge is 0.315 e. The molecule has 3 aliphatic carbocycles. The molecule has 2 amide bonds. The molecule has 0 heterocycles. The lowest BCUT2D eigenvalue weighted by Crippen LogP contribution is -2.77. The maximum Gasteiger partial charge on any atom is 0.315 e. The topological polar surface area (TPSA) is 41.1 Å². The molecule has 74 valence electrons. The van der Waals surface area contributed by atoms with E-state index in [0.717, 1.165) is 0 Å². The third-order valence-corrected chi connectivity index (χ3v) is 2.76. The van der Waals surface area contributed by atoms with Gasteiger partial charge in [0.2, 0.25) is 0 Å². The number of amides is 2. The van der Waals surface area contributed by atoms with Crippen LogP contribution in [0.3, 0.4) is 0 Å². The molecular weight excluding hydrogens is 171 g/mol. The fourth-order valence-electron chi connectivity index (χ4n) is 2.34. The molecule has 4 heteroatoms. The Morgan fingerprint density at radius 2 is 1.92 bits per heavy atom. The third kappa shape index (κ3) is 1.38. The van der Waals surface area contributed by atoms with Crippen LogP contribution in [0.4, 0.5) is 9.18 Å². The molecule has 3 saturated carbocycles. The molecule has 0 unspecified atom stereocenters. The second kappa shape index (κ2) is 2.36. The van der Waals surface area contributed by atoms with Crippen LogP contribution in [0.5, 0.6) is 0 Å². The molecule has 13 heavy (non-hydrogen) atoms. The van der Waals surface area contributed by atoms with Gasteiger partial charge in [-0.15, -0.1) is 0 Å². The van der Waals surface area contributed by atoms with Gasteiger partial charge in [-0.25, -0.2) is 9.18 Å². The van der Waals surface area contributed by atoms with Crippen LogP contribution < -0.4 is 10.6 Å². The molecule has 0 saturated heterocycles. The van der Waals surface area contributed by atoms with Crippen LogP contribution in [0.25, 0.3) is 0 Å². The Kier molecular flexibility index (Phi) is 1.60. The predicted octanol–water partition coefficient (Wildman–Crippen LogP) is 1.34. The normalized spacial score (nSPS) is 40.6. The summed E-state index contributed by atoms with van der Waals surface area (Å²) >= 11 is 0. The molecule has 2 bridgehead atoms. The fraction of sp³-hybridized carbons (Fsp3) is 0.889. The average Bonchev–Trinajstić information content (AvgIpc) is 1.79. The van der Waals surface area contributed by atoms with E-state index in [0.29, 0.717) is 19.3 Å². The molecule has 3 rings (SSSR count). The van der Waals surface area contributed by atoms with Crippen molar-refractivity contribution in [3.05, 3.63) is 0 Å². The lowest BCUT2D eigenvalue weighted by molar-refractivity contribution is -0.162. The van der Waals surface area contributed by atoms with Gasteiger partial charge in [-0.05, 0) is 13.8 Å². The zero-order valence-corrected chi connectivity index (χ0v) is 7.98. The SMILES string of the molecule is CC(C)NC(=O)NC12CC(F)(C1)C2. The zero-order valence-electron chi connectivity index (χ0n) is 7.98. The van der Waals surface area contributed by atoms with Gasteiger partial charge in [-0.2, -0.15) is 0 Å². The first-order valence-electron chi connectivity index (χ1n) is 4.71. The molecule has 2 N–H and O–H groups in total. The van der Waals surface area contributed by atoms with E-state index in [2.05, 4.69) is 10.6 Å². The van der Waals surface area contributed by atoms with Crippen LogP contribution in [-0.4, -0.2) is 23.3 Å². The molecule has 3 aliphatic rings. The second-order valence-corrected chi connectivity index (χ2v) is 4.71. The molecular formula is C9H15FN2O. The van der Waals surface area contributed by atoms with Gasteiger partial charge in [0.1, 0.15) is 5.67 Å². The number of hydrogen-bond donors (Lipinski definition) is 2. The van der Waals surface area contributed by atoms with Crippen molar-refractivity contribution in [2.45, 2.75) is 50.4 Å². The zero-order chi connectivity index (χ0) is 9.69. The number of halogens is 1. The van der Waals surface area contributed by atoms with Crippen molar-refractivity contribution >= 4 is 6.03 Å². The second-order valence-electron chi connectivity index (χ2n) is 4.71. The number of carbonyl (C=O) groups excluding carboxylic acids is 1. The van der Waals surface area contributed by atoms with Crippen molar-refractivity contribution in [2.75, 3.05) is 0 Å². The van der Waals surface area contributed by atoms with E-state index in [4.69, 9.17) is 0 Å². The molecule has 3 fully saturated rings. The van der Waals surface area contributed by atoms with Crippen molar-refractivity contribution in [3.8, 4) is 0 Å². The van der Waals surface area contributed by atoms with E-state index in [1.54, 1.807) is 0 Å².